The van der Waals surface area contributed by atoms with Crippen LogP contribution in [0.3, 0.4) is 0 Å². The second kappa shape index (κ2) is 3.52. The SMILES string of the molecule is CC(C)[C@@H]1C[C@H](N)[C@@H](O)CO1. The van der Waals surface area contributed by atoms with Crippen molar-refractivity contribution >= 4 is 0 Å². The average molecular weight is 159 g/mol. The lowest BCUT2D eigenvalue weighted by atomic mass is 9.94. The van der Waals surface area contributed by atoms with Crippen molar-refractivity contribution < 1.29 is 9.84 Å². The van der Waals surface area contributed by atoms with E-state index in [1.54, 1.807) is 0 Å². The molecule has 0 aromatic carbocycles. The second-order valence-electron chi connectivity index (χ2n) is 3.58. The predicted molar refractivity (Wildman–Crippen MR) is 43.2 cm³/mol. The standard InChI is InChI=1S/C8H17NO2/c1-5(2)8-3-6(9)7(10)4-11-8/h5-8,10H,3-4,9H2,1-2H3/t6-,7-,8-/m0/s1. The summed E-state index contributed by atoms with van der Waals surface area (Å²) < 4.78 is 5.39. The van der Waals surface area contributed by atoms with E-state index in [-0.39, 0.29) is 12.1 Å². The molecular formula is C8H17NO2. The smallest absolute Gasteiger partial charge is 0.0925 e. The predicted octanol–water partition coefficient (Wildman–Crippen LogP) is 0.120. The maximum absolute atomic E-state index is 9.23. The molecule has 1 aliphatic rings. The molecule has 0 amide bonds. The lowest BCUT2D eigenvalue weighted by Crippen LogP contribution is -2.47. The third-order valence-electron chi connectivity index (χ3n) is 2.22. The Labute approximate surface area is 67.5 Å². The topological polar surface area (TPSA) is 55.5 Å². The van der Waals surface area contributed by atoms with E-state index in [2.05, 4.69) is 13.8 Å². The fraction of sp³-hybridized carbons (Fsp3) is 1.00. The van der Waals surface area contributed by atoms with E-state index in [9.17, 15) is 5.11 Å². The number of hydrogen-bond donors (Lipinski definition) is 2. The van der Waals surface area contributed by atoms with Crippen LogP contribution in [-0.2, 0) is 4.74 Å². The van der Waals surface area contributed by atoms with Crippen molar-refractivity contribution in [2.45, 2.75) is 38.5 Å². The molecule has 1 saturated heterocycles. The van der Waals surface area contributed by atoms with Crippen LogP contribution in [0.25, 0.3) is 0 Å². The molecule has 1 aliphatic heterocycles. The highest BCUT2D eigenvalue weighted by atomic mass is 16.5. The first-order valence-corrected chi connectivity index (χ1v) is 4.16. The van der Waals surface area contributed by atoms with E-state index in [0.717, 1.165) is 6.42 Å². The van der Waals surface area contributed by atoms with E-state index in [4.69, 9.17) is 10.5 Å². The van der Waals surface area contributed by atoms with Crippen LogP contribution in [0.15, 0.2) is 0 Å². The van der Waals surface area contributed by atoms with Gasteiger partial charge in [0.25, 0.3) is 0 Å². The van der Waals surface area contributed by atoms with Crippen LogP contribution in [0.2, 0.25) is 0 Å². The van der Waals surface area contributed by atoms with Gasteiger partial charge in [-0.3, -0.25) is 0 Å². The van der Waals surface area contributed by atoms with E-state index >= 15 is 0 Å². The van der Waals surface area contributed by atoms with Crippen LogP contribution in [0.5, 0.6) is 0 Å². The molecular weight excluding hydrogens is 142 g/mol. The van der Waals surface area contributed by atoms with Gasteiger partial charge in [0.05, 0.1) is 18.8 Å². The fourth-order valence-corrected chi connectivity index (χ4v) is 1.30. The molecule has 66 valence electrons. The normalized spacial score (nSPS) is 39.5. The van der Waals surface area contributed by atoms with Crippen LogP contribution >= 0.6 is 0 Å². The summed E-state index contributed by atoms with van der Waals surface area (Å²) in [6, 6.07) is -0.101. The van der Waals surface area contributed by atoms with Gasteiger partial charge in [-0.1, -0.05) is 13.8 Å². The van der Waals surface area contributed by atoms with E-state index in [1.165, 1.54) is 0 Å². The van der Waals surface area contributed by atoms with E-state index in [1.807, 2.05) is 0 Å². The zero-order chi connectivity index (χ0) is 8.43. The van der Waals surface area contributed by atoms with Gasteiger partial charge in [-0.25, -0.2) is 0 Å². The number of nitrogens with two attached hydrogens (primary N) is 1. The number of ether oxygens (including phenoxy) is 1. The summed E-state index contributed by atoms with van der Waals surface area (Å²) in [5, 5.41) is 9.23. The first-order valence-electron chi connectivity index (χ1n) is 4.16. The molecule has 0 radical (unpaired) electrons. The van der Waals surface area contributed by atoms with Gasteiger partial charge < -0.3 is 15.6 Å². The van der Waals surface area contributed by atoms with Gasteiger partial charge in [0.15, 0.2) is 0 Å². The molecule has 0 aromatic rings. The van der Waals surface area contributed by atoms with Crippen LogP contribution in [-0.4, -0.2) is 30.0 Å². The summed E-state index contributed by atoms with van der Waals surface area (Å²) in [5.41, 5.74) is 5.68. The number of hydrogen-bond acceptors (Lipinski definition) is 3. The van der Waals surface area contributed by atoms with E-state index in [0.29, 0.717) is 12.5 Å². The van der Waals surface area contributed by atoms with Crippen LogP contribution in [0.1, 0.15) is 20.3 Å². The lowest BCUT2D eigenvalue weighted by Gasteiger charge is -2.33. The van der Waals surface area contributed by atoms with Crippen molar-refractivity contribution in [2.24, 2.45) is 11.7 Å². The molecule has 3 heteroatoms. The highest BCUT2D eigenvalue weighted by Crippen LogP contribution is 2.18. The summed E-state index contributed by atoms with van der Waals surface area (Å²) in [4.78, 5) is 0. The molecule has 0 bridgehead atoms. The molecule has 3 nitrogen and oxygen atoms in total. The molecule has 3 N–H and O–H groups in total. The molecule has 3 atom stereocenters. The Bertz CT molecular complexity index is 127. The molecule has 1 rings (SSSR count). The van der Waals surface area contributed by atoms with Gasteiger partial charge in [-0.05, 0) is 12.3 Å². The minimum absolute atomic E-state index is 0.101. The molecule has 0 unspecified atom stereocenters. The maximum Gasteiger partial charge on any atom is 0.0925 e. The minimum atomic E-state index is -0.468. The zero-order valence-electron chi connectivity index (χ0n) is 7.16. The lowest BCUT2D eigenvalue weighted by molar-refractivity contribution is -0.0823. The van der Waals surface area contributed by atoms with Crippen molar-refractivity contribution in [3.8, 4) is 0 Å². The first-order chi connectivity index (χ1) is 5.11. The van der Waals surface area contributed by atoms with Gasteiger partial charge in [0.1, 0.15) is 0 Å². The van der Waals surface area contributed by atoms with E-state index < -0.39 is 6.10 Å². The number of aliphatic hydroxyl groups excluding tert-OH is 1. The molecule has 11 heavy (non-hydrogen) atoms. The van der Waals surface area contributed by atoms with Gasteiger partial charge in [-0.15, -0.1) is 0 Å². The van der Waals surface area contributed by atoms with Gasteiger partial charge in [-0.2, -0.15) is 0 Å². The first kappa shape index (κ1) is 8.97. The van der Waals surface area contributed by atoms with Crippen molar-refractivity contribution in [1.82, 2.24) is 0 Å². The van der Waals surface area contributed by atoms with Gasteiger partial charge >= 0.3 is 0 Å². The van der Waals surface area contributed by atoms with Crippen molar-refractivity contribution in [2.75, 3.05) is 6.61 Å². The van der Waals surface area contributed by atoms with Crippen LogP contribution in [0.4, 0.5) is 0 Å². The largest absolute Gasteiger partial charge is 0.389 e. The Balaban J connectivity index is 2.40. The molecule has 1 heterocycles. The summed E-state index contributed by atoms with van der Waals surface area (Å²) in [6.07, 6.45) is 0.539. The quantitative estimate of drug-likeness (QED) is 0.571. The number of aliphatic hydroxyl groups is 1. The third kappa shape index (κ3) is 2.15. The Morgan fingerprint density at radius 3 is 2.64 bits per heavy atom. The Morgan fingerprint density at radius 1 is 1.55 bits per heavy atom. The van der Waals surface area contributed by atoms with Crippen LogP contribution in [0, 0.1) is 5.92 Å². The van der Waals surface area contributed by atoms with Crippen molar-refractivity contribution in [3.05, 3.63) is 0 Å². The second-order valence-corrected chi connectivity index (χ2v) is 3.58. The highest BCUT2D eigenvalue weighted by Gasteiger charge is 2.28. The fourth-order valence-electron chi connectivity index (χ4n) is 1.30. The Kier molecular flexibility index (Phi) is 2.87. The maximum atomic E-state index is 9.23. The molecule has 0 aliphatic carbocycles. The summed E-state index contributed by atoms with van der Waals surface area (Å²) in [5.74, 6) is 0.494. The minimum Gasteiger partial charge on any atom is -0.389 e. The van der Waals surface area contributed by atoms with Gasteiger partial charge in [0.2, 0.25) is 0 Å². The highest BCUT2D eigenvalue weighted by molar-refractivity contribution is 4.82. The number of rotatable bonds is 1. The summed E-state index contributed by atoms with van der Waals surface area (Å²) in [7, 11) is 0. The van der Waals surface area contributed by atoms with Crippen LogP contribution < -0.4 is 5.73 Å². The Hall–Kier alpha value is -0.120. The van der Waals surface area contributed by atoms with Crippen molar-refractivity contribution in [3.63, 3.8) is 0 Å². The molecule has 1 fully saturated rings. The summed E-state index contributed by atoms with van der Waals surface area (Å²) in [6.45, 7) is 4.61. The van der Waals surface area contributed by atoms with Crippen molar-refractivity contribution in [1.29, 1.82) is 0 Å². The third-order valence-corrected chi connectivity index (χ3v) is 2.22. The summed E-state index contributed by atoms with van der Waals surface area (Å²) >= 11 is 0. The zero-order valence-corrected chi connectivity index (χ0v) is 7.16. The molecule has 0 spiro atoms. The molecule has 0 aromatic heterocycles. The average Bonchev–Trinajstić information content (AvgIpc) is 1.94. The Morgan fingerprint density at radius 2 is 2.18 bits per heavy atom. The van der Waals surface area contributed by atoms with Gasteiger partial charge in [0, 0.05) is 6.04 Å². The molecule has 0 saturated carbocycles. The monoisotopic (exact) mass is 159 g/mol.